The maximum absolute atomic E-state index is 10.6. The van der Waals surface area contributed by atoms with E-state index < -0.39 is 12.7 Å². The van der Waals surface area contributed by atoms with Crippen LogP contribution in [0.5, 0.6) is 0 Å². The van der Waals surface area contributed by atoms with Gasteiger partial charge in [-0.25, -0.2) is 0 Å². The Hall–Kier alpha value is -0.905. The molecule has 0 radical (unpaired) electrons. The molecule has 4 nitrogen and oxygen atoms in total. The number of hydrogen-bond acceptors (Lipinski definition) is 4. The lowest BCUT2D eigenvalue weighted by Crippen LogP contribution is -2.46. The molecule has 1 aliphatic heterocycles. The first kappa shape index (κ1) is 14.0. The van der Waals surface area contributed by atoms with Gasteiger partial charge in [-0.15, -0.1) is 0 Å². The van der Waals surface area contributed by atoms with E-state index in [1.165, 1.54) is 0 Å². The van der Waals surface area contributed by atoms with Crippen LogP contribution in [0.4, 0.5) is 0 Å². The van der Waals surface area contributed by atoms with Gasteiger partial charge in [0, 0.05) is 11.7 Å². The van der Waals surface area contributed by atoms with E-state index in [0.717, 1.165) is 24.7 Å². The fourth-order valence-electron chi connectivity index (χ4n) is 2.72. The van der Waals surface area contributed by atoms with E-state index in [-0.39, 0.29) is 11.2 Å². The molecule has 0 spiro atoms. The van der Waals surface area contributed by atoms with Crippen LogP contribution in [0.25, 0.3) is 0 Å². The predicted octanol–water partition coefficient (Wildman–Crippen LogP) is 1.75. The average molecular weight is 275 g/mol. The van der Waals surface area contributed by atoms with Crippen LogP contribution in [0.15, 0.2) is 18.3 Å². The summed E-state index contributed by atoms with van der Waals surface area (Å²) in [4.78, 5) is 4.40. The molecular weight excluding hydrogens is 253 g/mol. The van der Waals surface area contributed by atoms with Gasteiger partial charge in [0.2, 0.25) is 0 Å². The molecule has 1 saturated heterocycles. The number of aromatic nitrogens is 1. The summed E-state index contributed by atoms with van der Waals surface area (Å²) >= 11 is 0. The van der Waals surface area contributed by atoms with Crippen LogP contribution in [0.1, 0.15) is 52.7 Å². The molecule has 1 aromatic rings. The fourth-order valence-corrected chi connectivity index (χ4v) is 2.72. The molecule has 1 aliphatic carbocycles. The van der Waals surface area contributed by atoms with Crippen molar-refractivity contribution in [3.8, 4) is 0 Å². The number of nitrogens with zero attached hydrogens (tertiary/aromatic N) is 1. The normalized spacial score (nSPS) is 26.4. The van der Waals surface area contributed by atoms with Crippen molar-refractivity contribution in [2.45, 2.75) is 63.8 Å². The van der Waals surface area contributed by atoms with E-state index in [4.69, 9.17) is 9.31 Å². The summed E-state index contributed by atoms with van der Waals surface area (Å²) in [7, 11) is -0.465. The maximum Gasteiger partial charge on any atom is 0.496 e. The van der Waals surface area contributed by atoms with Crippen molar-refractivity contribution in [3.63, 3.8) is 0 Å². The first-order valence-electron chi connectivity index (χ1n) is 7.29. The van der Waals surface area contributed by atoms with Crippen molar-refractivity contribution in [2.24, 2.45) is 0 Å². The van der Waals surface area contributed by atoms with Gasteiger partial charge in [0.25, 0.3) is 0 Å². The summed E-state index contributed by atoms with van der Waals surface area (Å²) in [5, 5.41) is 10.6. The zero-order valence-corrected chi connectivity index (χ0v) is 12.6. The molecule has 5 heteroatoms. The van der Waals surface area contributed by atoms with E-state index in [2.05, 4.69) is 4.98 Å². The minimum atomic E-state index is -0.805. The van der Waals surface area contributed by atoms with Gasteiger partial charge in [-0.3, -0.25) is 4.98 Å². The third-order valence-electron chi connectivity index (χ3n) is 4.97. The maximum atomic E-state index is 10.6. The lowest BCUT2D eigenvalue weighted by Gasteiger charge is -2.37. The average Bonchev–Trinajstić information content (AvgIpc) is 2.55. The Morgan fingerprint density at radius 3 is 2.25 bits per heavy atom. The fraction of sp³-hybridized carbons (Fsp3) is 0.667. The van der Waals surface area contributed by atoms with E-state index in [9.17, 15) is 5.11 Å². The number of aliphatic hydroxyl groups is 1. The molecule has 1 saturated carbocycles. The number of pyridine rings is 1. The second-order valence-electron chi connectivity index (χ2n) is 6.91. The Bertz CT molecular complexity index is 510. The van der Waals surface area contributed by atoms with E-state index >= 15 is 0 Å². The monoisotopic (exact) mass is 275 g/mol. The molecule has 1 aromatic heterocycles. The van der Waals surface area contributed by atoms with Gasteiger partial charge in [0.1, 0.15) is 5.60 Å². The van der Waals surface area contributed by atoms with Crippen molar-refractivity contribution in [3.05, 3.63) is 24.0 Å². The van der Waals surface area contributed by atoms with E-state index in [1.54, 1.807) is 6.20 Å². The van der Waals surface area contributed by atoms with Gasteiger partial charge in [-0.2, -0.15) is 0 Å². The van der Waals surface area contributed by atoms with Crippen LogP contribution in [0.2, 0.25) is 0 Å². The van der Waals surface area contributed by atoms with Crippen molar-refractivity contribution in [1.29, 1.82) is 0 Å². The highest BCUT2D eigenvalue weighted by Crippen LogP contribution is 2.41. The van der Waals surface area contributed by atoms with Crippen molar-refractivity contribution < 1.29 is 14.4 Å². The lowest BCUT2D eigenvalue weighted by atomic mass is 9.68. The molecule has 108 valence electrons. The smallest absolute Gasteiger partial charge is 0.399 e. The quantitative estimate of drug-likeness (QED) is 0.835. The third-order valence-corrected chi connectivity index (χ3v) is 4.97. The zero-order chi connectivity index (χ0) is 14.6. The molecule has 2 heterocycles. The van der Waals surface area contributed by atoms with Crippen LogP contribution >= 0.6 is 0 Å². The Kier molecular flexibility index (Phi) is 3.02. The van der Waals surface area contributed by atoms with Crippen molar-refractivity contribution in [2.75, 3.05) is 0 Å². The Labute approximate surface area is 120 Å². The summed E-state index contributed by atoms with van der Waals surface area (Å²) in [6.45, 7) is 8.12. The van der Waals surface area contributed by atoms with Gasteiger partial charge >= 0.3 is 7.12 Å². The third kappa shape index (κ3) is 2.00. The largest absolute Gasteiger partial charge is 0.496 e. The molecule has 3 rings (SSSR count). The summed E-state index contributed by atoms with van der Waals surface area (Å²) in [5.74, 6) is 0. The zero-order valence-electron chi connectivity index (χ0n) is 12.6. The van der Waals surface area contributed by atoms with Crippen LogP contribution in [-0.2, 0) is 14.9 Å². The Morgan fingerprint density at radius 2 is 1.75 bits per heavy atom. The second kappa shape index (κ2) is 4.29. The second-order valence-corrected chi connectivity index (χ2v) is 6.91. The highest BCUT2D eigenvalue weighted by Gasteiger charge is 2.53. The number of rotatable bonds is 2. The van der Waals surface area contributed by atoms with Crippen molar-refractivity contribution >= 4 is 12.6 Å². The molecule has 0 atom stereocenters. The standard InChI is InChI=1S/C15H22BNO3/c1-13(2)14(3,4)20-16(19-13)11-7-5-10-17-12(11)15(18)8-6-9-15/h5,7,10,18H,6,8-9H2,1-4H3. The molecular formula is C15H22BNO3. The molecule has 0 amide bonds. The van der Waals surface area contributed by atoms with Gasteiger partial charge in [-0.1, -0.05) is 6.07 Å². The van der Waals surface area contributed by atoms with Gasteiger partial charge < -0.3 is 14.4 Å². The molecule has 2 aliphatic rings. The Morgan fingerprint density at radius 1 is 1.15 bits per heavy atom. The highest BCUT2D eigenvalue weighted by atomic mass is 16.7. The first-order chi connectivity index (χ1) is 9.25. The van der Waals surface area contributed by atoms with E-state index in [0.29, 0.717) is 5.69 Å². The minimum absolute atomic E-state index is 0.382. The van der Waals surface area contributed by atoms with Crippen LogP contribution in [0, 0.1) is 0 Å². The van der Waals surface area contributed by atoms with Crippen molar-refractivity contribution in [1.82, 2.24) is 4.98 Å². The van der Waals surface area contributed by atoms with Crippen LogP contribution < -0.4 is 5.46 Å². The predicted molar refractivity (Wildman–Crippen MR) is 77.7 cm³/mol. The van der Waals surface area contributed by atoms with Gasteiger partial charge in [0.05, 0.1) is 16.9 Å². The summed E-state index contributed by atoms with van der Waals surface area (Å²) < 4.78 is 12.2. The summed E-state index contributed by atoms with van der Waals surface area (Å²) in [6.07, 6.45) is 4.28. The topological polar surface area (TPSA) is 51.6 Å². The minimum Gasteiger partial charge on any atom is -0.399 e. The summed E-state index contributed by atoms with van der Waals surface area (Å²) in [6, 6.07) is 3.81. The number of hydrogen-bond donors (Lipinski definition) is 1. The molecule has 20 heavy (non-hydrogen) atoms. The molecule has 1 N–H and O–H groups in total. The van der Waals surface area contributed by atoms with E-state index in [1.807, 2.05) is 39.8 Å². The molecule has 0 aromatic carbocycles. The lowest BCUT2D eigenvalue weighted by molar-refractivity contribution is -0.0418. The molecule has 2 fully saturated rings. The summed E-state index contributed by atoms with van der Waals surface area (Å²) in [5.41, 5.74) is -0.00155. The van der Waals surface area contributed by atoms with Gasteiger partial charge in [0.15, 0.2) is 0 Å². The molecule has 0 unspecified atom stereocenters. The highest BCUT2D eigenvalue weighted by molar-refractivity contribution is 6.62. The van der Waals surface area contributed by atoms with Crippen LogP contribution in [-0.4, -0.2) is 28.4 Å². The molecule has 0 bridgehead atoms. The first-order valence-corrected chi connectivity index (χ1v) is 7.29. The van der Waals surface area contributed by atoms with Crippen LogP contribution in [0.3, 0.4) is 0 Å². The Balaban J connectivity index is 1.96. The van der Waals surface area contributed by atoms with Gasteiger partial charge in [-0.05, 0) is 53.0 Å². The SMILES string of the molecule is CC1(C)OB(c2cccnc2C2(O)CCC2)OC1(C)C.